The summed E-state index contributed by atoms with van der Waals surface area (Å²) in [6, 6.07) is 7.75. The summed E-state index contributed by atoms with van der Waals surface area (Å²) in [5.74, 6) is -1.17. The predicted molar refractivity (Wildman–Crippen MR) is 157 cm³/mol. The molecule has 1 atom stereocenters. The van der Waals surface area contributed by atoms with E-state index in [-0.39, 0.29) is 18.1 Å². The van der Waals surface area contributed by atoms with E-state index in [4.69, 9.17) is 11.6 Å². The molecule has 1 aromatic carbocycles. The summed E-state index contributed by atoms with van der Waals surface area (Å²) in [6.07, 6.45) is 1.09. The van der Waals surface area contributed by atoms with Gasteiger partial charge in [0.05, 0.1) is 4.91 Å². The summed E-state index contributed by atoms with van der Waals surface area (Å²) in [6.45, 7) is 1.34. The number of halogens is 4. The number of piperazine rings is 1. The molecule has 15 heteroatoms. The number of allylic oxidation sites excluding steroid dienone is 2. The maximum atomic E-state index is 13.4. The van der Waals surface area contributed by atoms with E-state index in [2.05, 4.69) is 25.3 Å². The van der Waals surface area contributed by atoms with Gasteiger partial charge in [-0.25, -0.2) is 24.7 Å². The third-order valence-corrected chi connectivity index (χ3v) is 7.86. The van der Waals surface area contributed by atoms with Gasteiger partial charge in [0.25, 0.3) is 5.91 Å². The van der Waals surface area contributed by atoms with Crippen molar-refractivity contribution in [3.05, 3.63) is 88.0 Å². The minimum absolute atomic E-state index is 0.0120. The number of benzene rings is 1. The molecule has 1 saturated heterocycles. The number of carbonyl (C=O) groups excluding carboxylic acids is 1. The SMILES string of the molecule is O=C(NC(Cc1ccc(Cl)cc1)C(=O)O)c1cc(N2CCN(c3nccc(C(F)(F)F)n3)CC2)nc(C2=CCC=CS2)n1. The fraction of sp³-hybridized carbons (Fsp3) is 0.286. The van der Waals surface area contributed by atoms with Crippen LogP contribution in [-0.4, -0.2) is 69.1 Å². The monoisotopic (exact) mass is 631 g/mol. The van der Waals surface area contributed by atoms with Crippen LogP contribution in [0.25, 0.3) is 4.91 Å². The van der Waals surface area contributed by atoms with Gasteiger partial charge in [-0.1, -0.05) is 47.6 Å². The van der Waals surface area contributed by atoms with Crippen LogP contribution in [0.1, 0.15) is 34.0 Å². The van der Waals surface area contributed by atoms with Gasteiger partial charge < -0.3 is 20.2 Å². The average molecular weight is 632 g/mol. The van der Waals surface area contributed by atoms with Crippen molar-refractivity contribution in [3.8, 4) is 0 Å². The maximum absolute atomic E-state index is 13.4. The third kappa shape index (κ3) is 7.62. The third-order valence-electron chi connectivity index (χ3n) is 6.67. The largest absolute Gasteiger partial charge is 0.480 e. The molecule has 2 aliphatic heterocycles. The molecule has 43 heavy (non-hydrogen) atoms. The number of carboxylic acid groups (broad SMARTS) is 1. The number of carbonyl (C=O) groups is 2. The first kappa shape index (κ1) is 30.3. The molecule has 2 N–H and O–H groups in total. The molecule has 2 aliphatic rings. The summed E-state index contributed by atoms with van der Waals surface area (Å²) in [5.41, 5.74) is -0.347. The van der Waals surface area contributed by atoms with Gasteiger partial charge >= 0.3 is 12.1 Å². The minimum atomic E-state index is -4.58. The zero-order chi connectivity index (χ0) is 30.6. The minimum Gasteiger partial charge on any atom is -0.480 e. The van der Waals surface area contributed by atoms with Crippen molar-refractivity contribution < 1.29 is 27.9 Å². The number of aromatic nitrogens is 4. The molecule has 1 fully saturated rings. The van der Waals surface area contributed by atoms with Gasteiger partial charge in [-0.2, -0.15) is 13.2 Å². The van der Waals surface area contributed by atoms with Gasteiger partial charge in [0.2, 0.25) is 5.95 Å². The number of alkyl halides is 3. The second-order valence-corrected chi connectivity index (χ2v) is 11.0. The van der Waals surface area contributed by atoms with E-state index in [0.29, 0.717) is 54.8 Å². The summed E-state index contributed by atoms with van der Waals surface area (Å²) >= 11 is 7.33. The molecular weight excluding hydrogens is 607 g/mol. The van der Waals surface area contributed by atoms with E-state index >= 15 is 0 Å². The second kappa shape index (κ2) is 13.0. The van der Waals surface area contributed by atoms with E-state index in [1.165, 1.54) is 17.8 Å². The van der Waals surface area contributed by atoms with Crippen LogP contribution >= 0.6 is 23.4 Å². The molecule has 0 aliphatic carbocycles. The normalized spacial score (nSPS) is 16.0. The van der Waals surface area contributed by atoms with Crippen LogP contribution in [0, 0.1) is 0 Å². The van der Waals surface area contributed by atoms with Crippen molar-refractivity contribution >= 4 is 51.9 Å². The van der Waals surface area contributed by atoms with Crippen molar-refractivity contribution in [1.29, 1.82) is 0 Å². The Kier molecular flexibility index (Phi) is 9.16. The quantitative estimate of drug-likeness (QED) is 0.362. The fourth-order valence-electron chi connectivity index (χ4n) is 4.45. The predicted octanol–water partition coefficient (Wildman–Crippen LogP) is 4.68. The zero-order valence-electron chi connectivity index (χ0n) is 22.5. The first-order chi connectivity index (χ1) is 20.6. The molecule has 224 valence electrons. The second-order valence-electron chi connectivity index (χ2n) is 9.64. The number of hydrogen-bond acceptors (Lipinski definition) is 9. The maximum Gasteiger partial charge on any atom is 0.433 e. The van der Waals surface area contributed by atoms with E-state index in [1.807, 2.05) is 22.5 Å². The molecule has 0 bridgehead atoms. The number of nitrogens with one attached hydrogen (secondary N) is 1. The fourth-order valence-corrected chi connectivity index (χ4v) is 5.32. The summed E-state index contributed by atoms with van der Waals surface area (Å²) < 4.78 is 39.4. The van der Waals surface area contributed by atoms with E-state index in [9.17, 15) is 27.9 Å². The summed E-state index contributed by atoms with van der Waals surface area (Å²) in [4.78, 5) is 46.5. The van der Waals surface area contributed by atoms with Gasteiger partial charge in [-0.15, -0.1) is 0 Å². The lowest BCUT2D eigenvalue weighted by atomic mass is 10.1. The van der Waals surface area contributed by atoms with Crippen LogP contribution in [0.15, 0.2) is 60.2 Å². The van der Waals surface area contributed by atoms with Crippen molar-refractivity contribution in [3.63, 3.8) is 0 Å². The highest BCUT2D eigenvalue weighted by Crippen LogP contribution is 2.32. The Bertz CT molecular complexity index is 1560. The van der Waals surface area contributed by atoms with E-state index < -0.39 is 29.8 Å². The molecule has 4 heterocycles. The van der Waals surface area contributed by atoms with Crippen LogP contribution in [0.4, 0.5) is 24.9 Å². The number of nitrogens with zero attached hydrogens (tertiary/aromatic N) is 6. The lowest BCUT2D eigenvalue weighted by Crippen LogP contribution is -2.47. The number of amides is 1. The molecular formula is C28H25ClF3N7O3S. The Balaban J connectivity index is 1.36. The Morgan fingerprint density at radius 1 is 1.05 bits per heavy atom. The lowest BCUT2D eigenvalue weighted by molar-refractivity contribution is -0.141. The molecule has 3 aromatic rings. The Morgan fingerprint density at radius 2 is 1.77 bits per heavy atom. The van der Waals surface area contributed by atoms with Gasteiger partial charge in [0, 0.05) is 49.9 Å². The van der Waals surface area contributed by atoms with Crippen LogP contribution < -0.4 is 15.1 Å². The van der Waals surface area contributed by atoms with Gasteiger partial charge in [0.1, 0.15) is 23.2 Å². The van der Waals surface area contributed by atoms with Gasteiger partial charge in [-0.3, -0.25) is 4.79 Å². The Hall–Kier alpha value is -4.17. The lowest BCUT2D eigenvalue weighted by Gasteiger charge is -2.35. The topological polar surface area (TPSA) is 124 Å². The summed E-state index contributed by atoms with van der Waals surface area (Å²) in [7, 11) is 0. The number of aliphatic carboxylic acids is 1. The zero-order valence-corrected chi connectivity index (χ0v) is 24.0. The molecule has 5 rings (SSSR count). The number of carboxylic acids is 1. The molecule has 0 radical (unpaired) electrons. The Morgan fingerprint density at radius 3 is 2.42 bits per heavy atom. The number of hydrogen-bond donors (Lipinski definition) is 2. The number of anilines is 2. The standard InChI is InChI=1S/C28H25ClF3N7O3S/c29-18-6-4-17(5-7-18)15-20(26(41)42)35-25(40)19-16-23(37-24(34-19)21-3-1-2-14-43-21)38-10-12-39(13-11-38)27-33-9-8-22(36-27)28(30,31)32/h2-9,14,16,20H,1,10-13,15H2,(H,35,40)(H,41,42). The Labute approximate surface area is 253 Å². The molecule has 10 nitrogen and oxygen atoms in total. The highest BCUT2D eigenvalue weighted by atomic mass is 35.5. The molecule has 1 amide bonds. The molecule has 0 spiro atoms. The van der Waals surface area contributed by atoms with Crippen LogP contribution in [0.2, 0.25) is 5.02 Å². The summed E-state index contributed by atoms with van der Waals surface area (Å²) in [5, 5.41) is 14.8. The molecule has 0 saturated carbocycles. The number of thioether (sulfide) groups is 1. The van der Waals surface area contributed by atoms with E-state index in [1.54, 1.807) is 29.2 Å². The van der Waals surface area contributed by atoms with Crippen molar-refractivity contribution in [2.24, 2.45) is 0 Å². The first-order valence-corrected chi connectivity index (χ1v) is 14.4. The first-order valence-electron chi connectivity index (χ1n) is 13.2. The highest BCUT2D eigenvalue weighted by molar-refractivity contribution is 8.10. The van der Waals surface area contributed by atoms with Gasteiger partial charge in [0.15, 0.2) is 5.82 Å². The van der Waals surface area contributed by atoms with Crippen LogP contribution in [-0.2, 0) is 17.4 Å². The van der Waals surface area contributed by atoms with Gasteiger partial charge in [-0.05, 0) is 35.6 Å². The average Bonchev–Trinajstić information content (AvgIpc) is 3.01. The molecule has 2 aromatic heterocycles. The van der Waals surface area contributed by atoms with E-state index in [0.717, 1.165) is 17.2 Å². The van der Waals surface area contributed by atoms with Crippen LogP contribution in [0.3, 0.4) is 0 Å². The smallest absolute Gasteiger partial charge is 0.433 e. The van der Waals surface area contributed by atoms with Crippen molar-refractivity contribution in [2.75, 3.05) is 36.0 Å². The van der Waals surface area contributed by atoms with Crippen molar-refractivity contribution in [2.45, 2.75) is 25.1 Å². The highest BCUT2D eigenvalue weighted by Gasteiger charge is 2.34. The van der Waals surface area contributed by atoms with Crippen LogP contribution in [0.5, 0.6) is 0 Å². The van der Waals surface area contributed by atoms with Crippen molar-refractivity contribution in [1.82, 2.24) is 25.3 Å². The number of rotatable bonds is 8. The molecule has 1 unspecified atom stereocenters.